The van der Waals surface area contributed by atoms with Crippen LogP contribution in [0, 0.1) is 0 Å². The van der Waals surface area contributed by atoms with Crippen LogP contribution in [0.25, 0.3) is 0 Å². The number of hydrogen-bond donors (Lipinski definition) is 0. The van der Waals surface area contributed by atoms with Gasteiger partial charge >= 0.3 is 19.5 Å². The van der Waals surface area contributed by atoms with Crippen LogP contribution in [0.1, 0.15) is 25.4 Å². The number of nitrogens with zero attached hydrogens (tertiary/aromatic N) is 4. The van der Waals surface area contributed by atoms with Gasteiger partial charge in [-0.15, -0.1) is 23.5 Å². The molecule has 6 nitrogen and oxygen atoms in total. The Morgan fingerprint density at radius 2 is 1.15 bits per heavy atom. The maximum Gasteiger partial charge on any atom is 2.00 e. The fourth-order valence-electron chi connectivity index (χ4n) is 1.38. The third-order valence-corrected chi connectivity index (χ3v) is 4.69. The van der Waals surface area contributed by atoms with Crippen molar-refractivity contribution in [3.05, 3.63) is 48.3 Å². The zero-order valence-electron chi connectivity index (χ0n) is 15.4. The Morgan fingerprint density at radius 3 is 1.41 bits per heavy atom. The predicted molar refractivity (Wildman–Crippen MR) is 118 cm³/mol. The molecule has 0 amide bonds. The molecule has 0 unspecified atom stereocenters. The predicted octanol–water partition coefficient (Wildman–Crippen LogP) is 4.54. The second-order valence-electron chi connectivity index (χ2n) is 4.47. The van der Waals surface area contributed by atoms with Gasteiger partial charge in [0.05, 0.1) is 12.5 Å². The standard InChI is InChI=1S/2C8H10N2OS2.Zn/c2*1-6(7-4-3-5-11-7)9-10-8(12)13-2;/h2*3-5H,1-2H3,(H,10,12);/q;;+2/p-2/b2*9-6+;. The summed E-state index contributed by atoms with van der Waals surface area (Å²) >= 11 is 12.5. The van der Waals surface area contributed by atoms with Crippen LogP contribution in [-0.4, -0.2) is 32.7 Å². The number of hydrogen-bond acceptors (Lipinski definition) is 10. The monoisotopic (exact) mass is 490 g/mol. The van der Waals surface area contributed by atoms with E-state index in [-0.39, 0.29) is 19.5 Å². The summed E-state index contributed by atoms with van der Waals surface area (Å²) in [5, 5.41) is 15.5. The van der Waals surface area contributed by atoms with Crippen LogP contribution in [0.4, 0.5) is 0 Å². The van der Waals surface area contributed by atoms with Crippen LogP contribution in [0.5, 0.6) is 0 Å². The van der Waals surface area contributed by atoms with Gasteiger partial charge in [-0.25, -0.2) is 0 Å². The van der Waals surface area contributed by atoms with Crippen molar-refractivity contribution in [3.63, 3.8) is 0 Å². The summed E-state index contributed by atoms with van der Waals surface area (Å²) < 4.78 is 11.3. The molecule has 2 heterocycles. The van der Waals surface area contributed by atoms with Gasteiger partial charge in [-0.05, 0) is 59.4 Å². The van der Waals surface area contributed by atoms with Crippen molar-refractivity contribution in [1.82, 2.24) is 0 Å². The van der Waals surface area contributed by atoms with E-state index in [4.69, 9.17) is 34.1 Å². The first-order chi connectivity index (χ1) is 12.5. The van der Waals surface area contributed by atoms with E-state index in [0.717, 1.165) is 11.4 Å². The van der Waals surface area contributed by atoms with Crippen molar-refractivity contribution in [3.8, 4) is 0 Å². The zero-order valence-corrected chi connectivity index (χ0v) is 21.6. The minimum Gasteiger partial charge on any atom is -0.752 e. The summed E-state index contributed by atoms with van der Waals surface area (Å²) in [5.41, 5.74) is 1.45. The summed E-state index contributed by atoms with van der Waals surface area (Å²) in [6.45, 7) is 3.65. The molecule has 11 heteroatoms. The van der Waals surface area contributed by atoms with Gasteiger partial charge in [-0.1, -0.05) is 0 Å². The molecule has 2 rings (SSSR count). The van der Waals surface area contributed by atoms with Crippen molar-refractivity contribution in [2.75, 3.05) is 12.5 Å². The average molecular weight is 492 g/mol. The van der Waals surface area contributed by atoms with Crippen LogP contribution < -0.4 is 0 Å². The van der Waals surface area contributed by atoms with Crippen molar-refractivity contribution in [1.29, 1.82) is 0 Å². The van der Waals surface area contributed by atoms with Crippen molar-refractivity contribution in [2.24, 2.45) is 20.4 Å². The summed E-state index contributed by atoms with van der Waals surface area (Å²) in [5.74, 6) is 1.43. The molecule has 0 aliphatic carbocycles. The fraction of sp³-hybridized carbons (Fsp3) is 0.250. The van der Waals surface area contributed by atoms with Gasteiger partial charge in [0.1, 0.15) is 22.9 Å². The first-order valence-electron chi connectivity index (χ1n) is 7.22. The maximum atomic E-state index is 5.12. The summed E-state index contributed by atoms with van der Waals surface area (Å²) in [7, 11) is 0. The average Bonchev–Trinajstić information content (AvgIpc) is 3.37. The molecule has 0 fully saturated rings. The van der Waals surface area contributed by atoms with Crippen molar-refractivity contribution >= 4 is 69.0 Å². The van der Waals surface area contributed by atoms with E-state index in [1.165, 1.54) is 23.5 Å². The van der Waals surface area contributed by atoms with Gasteiger partial charge in [0, 0.05) is 0 Å². The molecular weight excluding hydrogens is 474 g/mol. The van der Waals surface area contributed by atoms with E-state index in [0.29, 0.717) is 20.3 Å². The number of furan rings is 2. The molecule has 0 aromatic carbocycles. The topological polar surface area (TPSA) is 75.7 Å². The van der Waals surface area contributed by atoms with E-state index in [1.807, 2.05) is 38.5 Å². The van der Waals surface area contributed by atoms with Crippen LogP contribution in [-0.2, 0) is 44.7 Å². The van der Waals surface area contributed by atoms with Crippen molar-refractivity contribution in [2.45, 2.75) is 13.8 Å². The quantitative estimate of drug-likeness (QED) is 0.205. The first-order valence-corrected chi connectivity index (χ1v) is 10.5. The Bertz CT molecular complexity index is 706. The minimum absolute atomic E-state index is 0. The number of rotatable bonds is 4. The van der Waals surface area contributed by atoms with E-state index < -0.39 is 0 Å². The smallest absolute Gasteiger partial charge is 0.752 e. The fourth-order valence-corrected chi connectivity index (χ4v) is 1.71. The molecule has 0 aliphatic rings. The molecule has 2 aromatic heterocycles. The second-order valence-corrected chi connectivity index (χ2v) is 7.35. The van der Waals surface area contributed by atoms with Gasteiger partial charge in [0.2, 0.25) is 0 Å². The van der Waals surface area contributed by atoms with Crippen LogP contribution in [0.15, 0.2) is 66.0 Å². The zero-order chi connectivity index (χ0) is 19.4. The summed E-state index contributed by atoms with van der Waals surface area (Å²) in [4.78, 5) is 0. The minimum atomic E-state index is 0. The molecule has 0 radical (unpaired) electrons. The maximum absolute atomic E-state index is 5.12. The normalized spacial score (nSPS) is 12.9. The van der Waals surface area contributed by atoms with E-state index in [9.17, 15) is 0 Å². The Labute approximate surface area is 191 Å². The summed E-state index contributed by atoms with van der Waals surface area (Å²) in [6, 6.07) is 7.27. The number of thioether (sulfide) groups is 2. The molecule has 2 aromatic rings. The first kappa shape index (κ1) is 26.0. The molecule has 0 saturated heterocycles. The molecule has 0 N–H and O–H groups in total. The second kappa shape index (κ2) is 15.0. The molecule has 140 valence electrons. The molecule has 0 aliphatic heterocycles. The van der Waals surface area contributed by atoms with E-state index in [2.05, 4.69) is 20.4 Å². The van der Waals surface area contributed by atoms with Crippen molar-refractivity contribution < 1.29 is 28.3 Å². The van der Waals surface area contributed by atoms with Gasteiger partial charge in [0.25, 0.3) is 0 Å². The van der Waals surface area contributed by atoms with E-state index >= 15 is 0 Å². The molecule has 0 spiro atoms. The van der Waals surface area contributed by atoms with Gasteiger partial charge in [0.15, 0.2) is 0 Å². The van der Waals surface area contributed by atoms with E-state index in [1.54, 1.807) is 24.7 Å². The van der Waals surface area contributed by atoms with Gasteiger partial charge in [-0.3, -0.25) is 0 Å². The largest absolute Gasteiger partial charge is 2.00 e. The Morgan fingerprint density at radius 1 is 0.778 bits per heavy atom. The van der Waals surface area contributed by atoms with Crippen LogP contribution in [0.2, 0.25) is 0 Å². The molecular formula is C16H18N4O2S4Zn. The molecule has 0 atom stereocenters. The Hall–Kier alpha value is -0.997. The molecule has 0 bridgehead atoms. The molecule has 0 saturated carbocycles. The third-order valence-electron chi connectivity index (χ3n) is 2.67. The SMILES string of the molecule is CS/C([S-])=N/N=C(\C)c1ccco1.CS/C([S-])=N/N=C(\C)c1ccco1.[Zn+2]. The Balaban J connectivity index is 0.000000483. The van der Waals surface area contributed by atoms with Gasteiger partial charge < -0.3 is 34.1 Å². The van der Waals surface area contributed by atoms with Crippen LogP contribution >= 0.6 is 23.5 Å². The molecule has 27 heavy (non-hydrogen) atoms. The summed E-state index contributed by atoms with van der Waals surface area (Å²) in [6.07, 6.45) is 6.93. The van der Waals surface area contributed by atoms with Crippen LogP contribution in [0.3, 0.4) is 0 Å². The van der Waals surface area contributed by atoms with Gasteiger partial charge in [-0.2, -0.15) is 20.4 Å². The third kappa shape index (κ3) is 10.8. The Kier molecular flexibility index (Phi) is 14.4.